The number of nitrogens with zero attached hydrogens (tertiary/aromatic N) is 1. The van der Waals surface area contributed by atoms with Gasteiger partial charge in [0.1, 0.15) is 0 Å². The molecule has 1 saturated carbocycles. The standard InChI is InChI=1S/C9H18N2OS/c1-7(8-3-4-8)11(9(10)13)5-6-12-2/h7-8H,3-6H2,1-2H3,(H2,10,13). The average Bonchev–Trinajstić information content (AvgIpc) is 2.86. The van der Waals surface area contributed by atoms with Gasteiger partial charge in [0.15, 0.2) is 5.11 Å². The van der Waals surface area contributed by atoms with Crippen molar-refractivity contribution in [1.82, 2.24) is 4.90 Å². The van der Waals surface area contributed by atoms with Crippen molar-refractivity contribution in [3.8, 4) is 0 Å². The van der Waals surface area contributed by atoms with E-state index in [-0.39, 0.29) is 0 Å². The van der Waals surface area contributed by atoms with Crippen LogP contribution in [0.15, 0.2) is 0 Å². The van der Waals surface area contributed by atoms with E-state index >= 15 is 0 Å². The van der Waals surface area contributed by atoms with Crippen LogP contribution < -0.4 is 5.73 Å². The first-order valence-electron chi connectivity index (χ1n) is 4.71. The number of thiocarbonyl (C=S) groups is 1. The maximum Gasteiger partial charge on any atom is 0.166 e. The van der Waals surface area contributed by atoms with Gasteiger partial charge < -0.3 is 15.4 Å². The molecule has 13 heavy (non-hydrogen) atoms. The van der Waals surface area contributed by atoms with E-state index in [0.717, 1.165) is 12.5 Å². The van der Waals surface area contributed by atoms with Gasteiger partial charge in [0.25, 0.3) is 0 Å². The van der Waals surface area contributed by atoms with Crippen LogP contribution in [0, 0.1) is 5.92 Å². The third kappa shape index (κ3) is 3.12. The van der Waals surface area contributed by atoms with Crippen LogP contribution in [0.2, 0.25) is 0 Å². The monoisotopic (exact) mass is 202 g/mol. The number of hydrogen-bond acceptors (Lipinski definition) is 2. The van der Waals surface area contributed by atoms with Crippen molar-refractivity contribution in [3.05, 3.63) is 0 Å². The van der Waals surface area contributed by atoms with Crippen LogP contribution in [-0.4, -0.2) is 36.3 Å². The Morgan fingerprint density at radius 1 is 1.69 bits per heavy atom. The Hall–Kier alpha value is -0.350. The number of methoxy groups -OCH3 is 1. The molecule has 1 aliphatic rings. The Morgan fingerprint density at radius 2 is 2.31 bits per heavy atom. The lowest BCUT2D eigenvalue weighted by molar-refractivity contribution is 0.160. The van der Waals surface area contributed by atoms with Crippen LogP contribution in [0.3, 0.4) is 0 Å². The molecule has 0 spiro atoms. The molecule has 1 fully saturated rings. The van der Waals surface area contributed by atoms with E-state index in [1.54, 1.807) is 7.11 Å². The Morgan fingerprint density at radius 3 is 2.69 bits per heavy atom. The summed E-state index contributed by atoms with van der Waals surface area (Å²) in [6, 6.07) is 0.479. The summed E-state index contributed by atoms with van der Waals surface area (Å²) in [6.07, 6.45) is 2.63. The Balaban J connectivity index is 2.40. The molecule has 76 valence electrons. The summed E-state index contributed by atoms with van der Waals surface area (Å²) >= 11 is 5.00. The van der Waals surface area contributed by atoms with Crippen molar-refractivity contribution in [2.24, 2.45) is 11.7 Å². The zero-order valence-electron chi connectivity index (χ0n) is 8.32. The summed E-state index contributed by atoms with van der Waals surface area (Å²) in [5.41, 5.74) is 5.65. The minimum atomic E-state index is 0.479. The maximum absolute atomic E-state index is 5.65. The summed E-state index contributed by atoms with van der Waals surface area (Å²) in [6.45, 7) is 3.68. The lowest BCUT2D eigenvalue weighted by Gasteiger charge is -2.29. The van der Waals surface area contributed by atoms with E-state index in [0.29, 0.717) is 17.8 Å². The van der Waals surface area contributed by atoms with E-state index in [4.69, 9.17) is 22.7 Å². The Bertz CT molecular complexity index is 182. The zero-order chi connectivity index (χ0) is 9.84. The van der Waals surface area contributed by atoms with Gasteiger partial charge in [0, 0.05) is 19.7 Å². The van der Waals surface area contributed by atoms with Gasteiger partial charge >= 0.3 is 0 Å². The summed E-state index contributed by atoms with van der Waals surface area (Å²) in [5, 5.41) is 0.497. The Labute approximate surface area is 85.2 Å². The molecule has 0 heterocycles. The summed E-state index contributed by atoms with van der Waals surface area (Å²) in [4.78, 5) is 2.07. The van der Waals surface area contributed by atoms with Crippen LogP contribution >= 0.6 is 12.2 Å². The molecule has 0 aliphatic heterocycles. The fourth-order valence-electron chi connectivity index (χ4n) is 1.54. The first-order chi connectivity index (χ1) is 6.16. The minimum Gasteiger partial charge on any atom is -0.383 e. The number of rotatable bonds is 5. The van der Waals surface area contributed by atoms with Crippen LogP contribution in [0.4, 0.5) is 0 Å². The van der Waals surface area contributed by atoms with Gasteiger partial charge in [-0.15, -0.1) is 0 Å². The SMILES string of the molecule is COCCN(C(N)=S)C(C)C1CC1. The normalized spacial score (nSPS) is 18.3. The summed E-state index contributed by atoms with van der Waals surface area (Å²) in [5.74, 6) is 0.790. The molecule has 3 nitrogen and oxygen atoms in total. The van der Waals surface area contributed by atoms with Crippen molar-refractivity contribution in [3.63, 3.8) is 0 Å². The molecular formula is C9H18N2OS. The molecule has 1 rings (SSSR count). The van der Waals surface area contributed by atoms with E-state index < -0.39 is 0 Å². The molecule has 0 aromatic carbocycles. The predicted molar refractivity (Wildman–Crippen MR) is 57.6 cm³/mol. The largest absolute Gasteiger partial charge is 0.383 e. The molecule has 1 atom stereocenters. The average molecular weight is 202 g/mol. The van der Waals surface area contributed by atoms with Gasteiger partial charge in [0.05, 0.1) is 6.61 Å². The van der Waals surface area contributed by atoms with Gasteiger partial charge in [-0.1, -0.05) is 0 Å². The molecule has 0 aromatic heterocycles. The lowest BCUT2D eigenvalue weighted by Crippen LogP contribution is -2.44. The first-order valence-corrected chi connectivity index (χ1v) is 5.12. The van der Waals surface area contributed by atoms with Crippen LogP contribution in [0.5, 0.6) is 0 Å². The zero-order valence-corrected chi connectivity index (χ0v) is 9.14. The molecule has 2 N–H and O–H groups in total. The molecule has 0 saturated heterocycles. The second-order valence-corrected chi connectivity index (χ2v) is 4.02. The number of ether oxygens (including phenoxy) is 1. The maximum atomic E-state index is 5.65. The van der Waals surface area contributed by atoms with E-state index in [1.807, 2.05) is 0 Å². The van der Waals surface area contributed by atoms with Crippen LogP contribution in [0.1, 0.15) is 19.8 Å². The van der Waals surface area contributed by atoms with Crippen molar-refractivity contribution >= 4 is 17.3 Å². The third-order valence-electron chi connectivity index (χ3n) is 2.62. The van der Waals surface area contributed by atoms with Gasteiger partial charge in [0.2, 0.25) is 0 Å². The van der Waals surface area contributed by atoms with Gasteiger partial charge in [-0.05, 0) is 37.9 Å². The molecule has 1 unspecified atom stereocenters. The van der Waals surface area contributed by atoms with Crippen molar-refractivity contribution in [2.45, 2.75) is 25.8 Å². The highest BCUT2D eigenvalue weighted by Crippen LogP contribution is 2.34. The second-order valence-electron chi connectivity index (χ2n) is 3.60. The molecular weight excluding hydrogens is 184 g/mol. The van der Waals surface area contributed by atoms with E-state index in [9.17, 15) is 0 Å². The topological polar surface area (TPSA) is 38.5 Å². The highest BCUT2D eigenvalue weighted by molar-refractivity contribution is 7.80. The van der Waals surface area contributed by atoms with E-state index in [2.05, 4.69) is 11.8 Å². The second kappa shape index (κ2) is 4.77. The Kier molecular flexibility index (Phi) is 3.93. The number of hydrogen-bond donors (Lipinski definition) is 1. The van der Waals surface area contributed by atoms with E-state index in [1.165, 1.54) is 12.8 Å². The lowest BCUT2D eigenvalue weighted by atomic mass is 10.2. The quantitative estimate of drug-likeness (QED) is 0.674. The van der Waals surface area contributed by atoms with Crippen LogP contribution in [-0.2, 0) is 4.74 Å². The molecule has 0 bridgehead atoms. The van der Waals surface area contributed by atoms with Crippen LogP contribution in [0.25, 0.3) is 0 Å². The third-order valence-corrected chi connectivity index (χ3v) is 2.85. The highest BCUT2D eigenvalue weighted by Gasteiger charge is 2.32. The van der Waals surface area contributed by atoms with Gasteiger partial charge in [-0.25, -0.2) is 0 Å². The molecule has 0 radical (unpaired) electrons. The summed E-state index contributed by atoms with van der Waals surface area (Å²) in [7, 11) is 1.69. The molecule has 0 aromatic rings. The van der Waals surface area contributed by atoms with Crippen molar-refractivity contribution in [1.29, 1.82) is 0 Å². The minimum absolute atomic E-state index is 0.479. The first kappa shape index (κ1) is 10.7. The smallest absolute Gasteiger partial charge is 0.166 e. The van der Waals surface area contributed by atoms with Gasteiger partial charge in [-0.3, -0.25) is 0 Å². The molecule has 0 amide bonds. The highest BCUT2D eigenvalue weighted by atomic mass is 32.1. The predicted octanol–water partition coefficient (Wildman–Crippen LogP) is 0.977. The van der Waals surface area contributed by atoms with Gasteiger partial charge in [-0.2, -0.15) is 0 Å². The number of nitrogens with two attached hydrogens (primary N) is 1. The fourth-order valence-corrected chi connectivity index (χ4v) is 1.79. The molecule has 1 aliphatic carbocycles. The fraction of sp³-hybridized carbons (Fsp3) is 0.889. The van der Waals surface area contributed by atoms with Crippen molar-refractivity contribution < 1.29 is 4.74 Å². The molecule has 4 heteroatoms. The summed E-state index contributed by atoms with van der Waals surface area (Å²) < 4.78 is 5.02. The van der Waals surface area contributed by atoms with Crippen molar-refractivity contribution in [2.75, 3.05) is 20.3 Å².